The van der Waals surface area contributed by atoms with Crippen LogP contribution < -0.4 is 0 Å². The number of thioether (sulfide) groups is 1. The second-order valence-corrected chi connectivity index (χ2v) is 8.57. The van der Waals surface area contributed by atoms with E-state index in [-0.39, 0.29) is 6.10 Å². The second-order valence-electron chi connectivity index (χ2n) is 7.19. The van der Waals surface area contributed by atoms with Crippen LogP contribution in [0, 0.1) is 0 Å². The summed E-state index contributed by atoms with van der Waals surface area (Å²) < 4.78 is 9.74. The molecule has 2 aromatic heterocycles. The monoisotopic (exact) mass is 453 g/mol. The molecule has 1 atom stereocenters. The molecule has 0 saturated carbocycles. The number of benzene rings is 2. The lowest BCUT2D eigenvalue weighted by atomic mass is 10.2. The maximum Gasteiger partial charge on any atom is 0.192 e. The highest BCUT2D eigenvalue weighted by molar-refractivity contribution is 7.98. The van der Waals surface area contributed by atoms with Crippen LogP contribution in [0.4, 0.5) is 0 Å². The molecule has 1 fully saturated rings. The molecule has 1 aliphatic heterocycles. The summed E-state index contributed by atoms with van der Waals surface area (Å²) in [5.41, 5.74) is 1.89. The Labute approximate surface area is 188 Å². The number of ether oxygens (including phenoxy) is 1. The molecule has 1 saturated heterocycles. The van der Waals surface area contributed by atoms with E-state index in [1.54, 1.807) is 16.4 Å². The van der Waals surface area contributed by atoms with Crippen molar-refractivity contribution >= 4 is 23.4 Å². The van der Waals surface area contributed by atoms with E-state index in [0.29, 0.717) is 17.3 Å². The number of rotatable bonds is 7. The molecule has 0 amide bonds. The van der Waals surface area contributed by atoms with Gasteiger partial charge in [-0.2, -0.15) is 4.68 Å². The molecule has 0 spiro atoms. The Morgan fingerprint density at radius 2 is 1.87 bits per heavy atom. The molecule has 2 aromatic carbocycles. The van der Waals surface area contributed by atoms with Crippen molar-refractivity contribution in [3.05, 3.63) is 65.4 Å². The van der Waals surface area contributed by atoms with Crippen LogP contribution in [0.5, 0.6) is 0 Å². The van der Waals surface area contributed by atoms with Crippen molar-refractivity contribution in [1.82, 2.24) is 35.0 Å². The highest BCUT2D eigenvalue weighted by Crippen LogP contribution is 2.29. The molecule has 4 aromatic rings. The molecule has 158 valence electrons. The van der Waals surface area contributed by atoms with E-state index in [9.17, 15) is 0 Å². The number of tetrazole rings is 1. The first-order chi connectivity index (χ1) is 15.3. The summed E-state index contributed by atoms with van der Waals surface area (Å²) >= 11 is 7.63. The highest BCUT2D eigenvalue weighted by atomic mass is 35.5. The molecule has 10 heteroatoms. The normalized spacial score (nSPS) is 16.1. The number of para-hydroxylation sites is 1. The summed E-state index contributed by atoms with van der Waals surface area (Å²) in [6, 6.07) is 17.5. The Morgan fingerprint density at radius 3 is 2.65 bits per heavy atom. The number of halogens is 1. The van der Waals surface area contributed by atoms with Gasteiger partial charge in [0.1, 0.15) is 0 Å². The molecule has 1 aliphatic rings. The van der Waals surface area contributed by atoms with Crippen LogP contribution in [-0.2, 0) is 17.0 Å². The lowest BCUT2D eigenvalue weighted by molar-refractivity contribution is 0.0953. The Hall–Kier alpha value is -2.75. The second kappa shape index (κ2) is 9.17. The molecule has 0 aliphatic carbocycles. The van der Waals surface area contributed by atoms with Crippen molar-refractivity contribution < 1.29 is 4.74 Å². The smallest absolute Gasteiger partial charge is 0.192 e. The first kappa shape index (κ1) is 20.2. The van der Waals surface area contributed by atoms with E-state index >= 15 is 0 Å². The third-order valence-electron chi connectivity index (χ3n) is 5.09. The summed E-state index contributed by atoms with van der Waals surface area (Å²) in [7, 11) is 0. The quantitative estimate of drug-likeness (QED) is 0.390. The van der Waals surface area contributed by atoms with Crippen molar-refractivity contribution in [2.45, 2.75) is 36.4 Å². The van der Waals surface area contributed by atoms with Gasteiger partial charge in [0.05, 0.1) is 24.1 Å². The van der Waals surface area contributed by atoms with Gasteiger partial charge in [-0.25, -0.2) is 0 Å². The Morgan fingerprint density at radius 1 is 1.03 bits per heavy atom. The van der Waals surface area contributed by atoms with Crippen LogP contribution in [-0.4, -0.2) is 47.7 Å². The first-order valence-electron chi connectivity index (χ1n) is 10.0. The van der Waals surface area contributed by atoms with Crippen molar-refractivity contribution in [3.63, 3.8) is 0 Å². The standard InChI is InChI=1S/C21H20ClN7OS/c22-16-10-8-15(9-11-16)20-24-25-21(28(20)13-18-7-4-12-30-18)31-14-19-23-26-27-29(19)17-5-2-1-3-6-17/h1-3,5-6,8-11,18H,4,7,12-14H2. The number of hydrogen-bond acceptors (Lipinski definition) is 7. The zero-order valence-electron chi connectivity index (χ0n) is 16.6. The van der Waals surface area contributed by atoms with Crippen molar-refractivity contribution in [2.75, 3.05) is 6.61 Å². The predicted octanol–water partition coefficient (Wildman–Crippen LogP) is 4.05. The summed E-state index contributed by atoms with van der Waals surface area (Å²) in [4.78, 5) is 0. The van der Waals surface area contributed by atoms with Crippen LogP contribution in [0.1, 0.15) is 18.7 Å². The molecular formula is C21H20ClN7OS. The summed E-state index contributed by atoms with van der Waals surface area (Å²) in [6.07, 6.45) is 2.28. The first-order valence-corrected chi connectivity index (χ1v) is 11.4. The van der Waals surface area contributed by atoms with Crippen LogP contribution >= 0.6 is 23.4 Å². The maximum atomic E-state index is 6.07. The van der Waals surface area contributed by atoms with Gasteiger partial charge in [-0.15, -0.1) is 15.3 Å². The lowest BCUT2D eigenvalue weighted by Gasteiger charge is -2.14. The van der Waals surface area contributed by atoms with Crippen molar-refractivity contribution in [1.29, 1.82) is 0 Å². The molecule has 31 heavy (non-hydrogen) atoms. The Bertz CT molecular complexity index is 1140. The summed E-state index contributed by atoms with van der Waals surface area (Å²) in [5.74, 6) is 2.11. The molecule has 0 bridgehead atoms. The molecular weight excluding hydrogens is 434 g/mol. The van der Waals surface area contributed by atoms with E-state index in [1.807, 2.05) is 54.6 Å². The van der Waals surface area contributed by atoms with Gasteiger partial charge >= 0.3 is 0 Å². The summed E-state index contributed by atoms with van der Waals surface area (Å²) in [6.45, 7) is 1.51. The minimum Gasteiger partial charge on any atom is -0.376 e. The number of nitrogens with zero attached hydrogens (tertiary/aromatic N) is 7. The van der Waals surface area contributed by atoms with Crippen molar-refractivity contribution in [3.8, 4) is 17.1 Å². The van der Waals surface area contributed by atoms with Crippen LogP contribution in [0.3, 0.4) is 0 Å². The molecule has 0 radical (unpaired) electrons. The lowest BCUT2D eigenvalue weighted by Crippen LogP contribution is -2.16. The van der Waals surface area contributed by atoms with E-state index in [1.165, 1.54) is 0 Å². The van der Waals surface area contributed by atoms with E-state index in [0.717, 1.165) is 47.5 Å². The van der Waals surface area contributed by atoms with E-state index in [2.05, 4.69) is 30.3 Å². The zero-order valence-corrected chi connectivity index (χ0v) is 18.2. The molecule has 8 nitrogen and oxygen atoms in total. The molecule has 3 heterocycles. The number of aromatic nitrogens is 7. The molecule has 1 unspecified atom stereocenters. The largest absolute Gasteiger partial charge is 0.376 e. The Kier molecular flexibility index (Phi) is 5.97. The molecule has 0 N–H and O–H groups in total. The SMILES string of the molecule is Clc1ccc(-c2nnc(SCc3nnnn3-c3ccccc3)n2CC2CCCO2)cc1. The predicted molar refractivity (Wildman–Crippen MR) is 118 cm³/mol. The van der Waals surface area contributed by atoms with Gasteiger partial charge in [-0.1, -0.05) is 41.6 Å². The number of hydrogen-bond donors (Lipinski definition) is 0. The van der Waals surface area contributed by atoms with Gasteiger partial charge in [-0.05, 0) is 59.7 Å². The maximum absolute atomic E-state index is 6.07. The summed E-state index contributed by atoms with van der Waals surface area (Å²) in [5, 5.41) is 22.6. The minimum absolute atomic E-state index is 0.163. The minimum atomic E-state index is 0.163. The fraction of sp³-hybridized carbons (Fsp3) is 0.286. The third kappa shape index (κ3) is 4.48. The van der Waals surface area contributed by atoms with Gasteiger partial charge in [-0.3, -0.25) is 4.57 Å². The molecule has 5 rings (SSSR count). The fourth-order valence-electron chi connectivity index (χ4n) is 3.56. The van der Waals surface area contributed by atoms with Crippen LogP contribution in [0.15, 0.2) is 59.8 Å². The van der Waals surface area contributed by atoms with Gasteiger partial charge in [0.2, 0.25) is 0 Å². The average Bonchev–Trinajstić information content (AvgIpc) is 3.56. The topological polar surface area (TPSA) is 83.5 Å². The Balaban J connectivity index is 1.41. The van der Waals surface area contributed by atoms with Crippen LogP contribution in [0.2, 0.25) is 5.02 Å². The van der Waals surface area contributed by atoms with Gasteiger partial charge in [0.25, 0.3) is 0 Å². The zero-order chi connectivity index (χ0) is 21.0. The van der Waals surface area contributed by atoms with E-state index in [4.69, 9.17) is 16.3 Å². The van der Waals surface area contributed by atoms with Crippen molar-refractivity contribution in [2.24, 2.45) is 0 Å². The van der Waals surface area contributed by atoms with E-state index < -0.39 is 0 Å². The van der Waals surface area contributed by atoms with Gasteiger partial charge in [0, 0.05) is 17.2 Å². The van der Waals surface area contributed by atoms with Gasteiger partial charge < -0.3 is 4.74 Å². The van der Waals surface area contributed by atoms with Gasteiger partial charge in [0.15, 0.2) is 16.8 Å². The fourth-order valence-corrected chi connectivity index (χ4v) is 4.54. The third-order valence-corrected chi connectivity index (χ3v) is 6.31. The average molecular weight is 454 g/mol. The highest BCUT2D eigenvalue weighted by Gasteiger charge is 2.22. The van der Waals surface area contributed by atoms with Crippen LogP contribution in [0.25, 0.3) is 17.1 Å².